The van der Waals surface area contributed by atoms with Gasteiger partial charge in [-0.15, -0.1) is 0 Å². The third-order valence-electron chi connectivity index (χ3n) is 5.25. The summed E-state index contributed by atoms with van der Waals surface area (Å²) in [6.07, 6.45) is -2.71. The molecule has 1 fully saturated rings. The zero-order valence-electron chi connectivity index (χ0n) is 21.6. The van der Waals surface area contributed by atoms with E-state index in [0.29, 0.717) is 17.0 Å². The maximum Gasteiger partial charge on any atom is 0.322 e. The highest BCUT2D eigenvalue weighted by atomic mass is 16.7. The Kier molecular flexibility index (Phi) is 11.6. The Morgan fingerprint density at radius 3 is 2.49 bits per heavy atom. The average molecular weight is 524 g/mol. The van der Waals surface area contributed by atoms with E-state index >= 15 is 0 Å². The largest absolute Gasteiger partial charge is 0.480 e. The second-order valence-corrected chi connectivity index (χ2v) is 9.40. The molecule has 37 heavy (non-hydrogen) atoms. The fourth-order valence-corrected chi connectivity index (χ4v) is 3.43. The van der Waals surface area contributed by atoms with E-state index < -0.39 is 42.8 Å². The van der Waals surface area contributed by atoms with Crippen molar-refractivity contribution < 1.29 is 43.6 Å². The SMILES string of the molecule is CC(C)Nc1ccc(COC(=O)C(C)C)cc1OC1CC(O)CC(C(=O)NCCC(=O)NCC(=O)O)O1. The van der Waals surface area contributed by atoms with Crippen molar-refractivity contribution >= 4 is 29.4 Å². The number of benzene rings is 1. The molecule has 0 saturated carbocycles. The molecule has 0 spiro atoms. The summed E-state index contributed by atoms with van der Waals surface area (Å²) in [5.74, 6) is -2.36. The van der Waals surface area contributed by atoms with Gasteiger partial charge in [-0.3, -0.25) is 19.2 Å². The molecule has 12 heteroatoms. The number of nitrogens with one attached hydrogen (secondary N) is 3. The quantitative estimate of drug-likeness (QED) is 0.236. The van der Waals surface area contributed by atoms with Gasteiger partial charge in [-0.25, -0.2) is 0 Å². The van der Waals surface area contributed by atoms with Crippen LogP contribution in [0.5, 0.6) is 5.75 Å². The standard InChI is InChI=1S/C25H37N3O9/c1-14(2)25(34)35-13-16-5-6-18(28-15(3)4)19(9-16)36-23-11-17(29)10-20(37-23)24(33)26-8-7-21(30)27-12-22(31)32/h5-6,9,14-15,17,20,23,28-29H,7-8,10-13H2,1-4H3,(H,26,33)(H,27,30)(H,31,32). The van der Waals surface area contributed by atoms with Crippen LogP contribution in [0.3, 0.4) is 0 Å². The number of ether oxygens (including phenoxy) is 3. The first-order chi connectivity index (χ1) is 17.4. The van der Waals surface area contributed by atoms with E-state index in [1.807, 2.05) is 19.9 Å². The van der Waals surface area contributed by atoms with Crippen LogP contribution in [0.1, 0.15) is 52.5 Å². The van der Waals surface area contributed by atoms with Gasteiger partial charge in [-0.1, -0.05) is 19.9 Å². The molecular weight excluding hydrogens is 486 g/mol. The summed E-state index contributed by atoms with van der Waals surface area (Å²) < 4.78 is 17.2. The Bertz CT molecular complexity index is 951. The van der Waals surface area contributed by atoms with E-state index in [-0.39, 0.29) is 50.3 Å². The summed E-state index contributed by atoms with van der Waals surface area (Å²) in [6, 6.07) is 5.42. The molecule has 12 nitrogen and oxygen atoms in total. The zero-order valence-corrected chi connectivity index (χ0v) is 21.6. The van der Waals surface area contributed by atoms with Gasteiger partial charge in [-0.2, -0.15) is 0 Å². The number of amides is 2. The molecule has 1 saturated heterocycles. The van der Waals surface area contributed by atoms with Crippen LogP contribution in [0.4, 0.5) is 5.69 Å². The van der Waals surface area contributed by atoms with Crippen molar-refractivity contribution in [2.24, 2.45) is 5.92 Å². The number of carbonyl (C=O) groups is 4. The molecule has 2 amide bonds. The van der Waals surface area contributed by atoms with E-state index in [1.54, 1.807) is 26.0 Å². The van der Waals surface area contributed by atoms with E-state index in [1.165, 1.54) is 0 Å². The first-order valence-corrected chi connectivity index (χ1v) is 12.3. The lowest BCUT2D eigenvalue weighted by Crippen LogP contribution is -2.47. The summed E-state index contributed by atoms with van der Waals surface area (Å²) in [7, 11) is 0. The molecular formula is C25H37N3O9. The fraction of sp³-hybridized carbons (Fsp3) is 0.600. The molecule has 5 N–H and O–H groups in total. The first kappa shape index (κ1) is 29.8. The molecule has 1 aliphatic rings. The molecule has 3 unspecified atom stereocenters. The van der Waals surface area contributed by atoms with Gasteiger partial charge in [0.2, 0.25) is 18.1 Å². The molecule has 1 aliphatic heterocycles. The zero-order chi connectivity index (χ0) is 27.5. The molecule has 3 atom stereocenters. The molecule has 1 heterocycles. The van der Waals surface area contributed by atoms with Gasteiger partial charge < -0.3 is 40.4 Å². The van der Waals surface area contributed by atoms with Crippen LogP contribution in [0, 0.1) is 5.92 Å². The minimum Gasteiger partial charge on any atom is -0.480 e. The molecule has 0 radical (unpaired) electrons. The molecule has 2 rings (SSSR count). The summed E-state index contributed by atoms with van der Waals surface area (Å²) in [4.78, 5) is 46.5. The second kappa shape index (κ2) is 14.4. The smallest absolute Gasteiger partial charge is 0.322 e. The topological polar surface area (TPSA) is 173 Å². The summed E-state index contributed by atoms with van der Waals surface area (Å²) in [5.41, 5.74) is 1.37. The van der Waals surface area contributed by atoms with Crippen molar-refractivity contribution in [2.45, 2.75) is 78.1 Å². The predicted molar refractivity (Wildman–Crippen MR) is 133 cm³/mol. The molecule has 1 aromatic rings. The number of hydrogen-bond donors (Lipinski definition) is 5. The molecule has 0 aromatic heterocycles. The van der Waals surface area contributed by atoms with Crippen LogP contribution >= 0.6 is 0 Å². The van der Waals surface area contributed by atoms with Crippen molar-refractivity contribution in [1.82, 2.24) is 10.6 Å². The van der Waals surface area contributed by atoms with Gasteiger partial charge in [0.25, 0.3) is 0 Å². The van der Waals surface area contributed by atoms with Gasteiger partial charge in [0, 0.05) is 31.8 Å². The summed E-state index contributed by atoms with van der Waals surface area (Å²) >= 11 is 0. The maximum absolute atomic E-state index is 12.6. The van der Waals surface area contributed by atoms with Gasteiger partial charge in [0.15, 0.2) is 0 Å². The van der Waals surface area contributed by atoms with Crippen molar-refractivity contribution in [3.63, 3.8) is 0 Å². The Morgan fingerprint density at radius 2 is 1.84 bits per heavy atom. The number of hydrogen-bond acceptors (Lipinski definition) is 9. The van der Waals surface area contributed by atoms with Gasteiger partial charge in [0.1, 0.15) is 25.0 Å². The highest BCUT2D eigenvalue weighted by Crippen LogP contribution is 2.31. The average Bonchev–Trinajstić information content (AvgIpc) is 2.81. The van der Waals surface area contributed by atoms with Crippen LogP contribution in [0.2, 0.25) is 0 Å². The number of rotatable bonds is 13. The van der Waals surface area contributed by atoms with Crippen LogP contribution in [-0.2, 0) is 35.3 Å². The number of esters is 1. The Labute approximate surface area is 216 Å². The lowest BCUT2D eigenvalue weighted by Gasteiger charge is -2.33. The molecule has 206 valence electrons. The minimum absolute atomic E-state index is 0.0225. The Balaban J connectivity index is 2.02. The first-order valence-electron chi connectivity index (χ1n) is 12.3. The second-order valence-electron chi connectivity index (χ2n) is 9.40. The number of aliphatic hydroxyl groups excluding tert-OH is 1. The number of carboxylic acid groups (broad SMARTS) is 1. The van der Waals surface area contributed by atoms with Crippen LogP contribution in [-0.4, -0.2) is 71.6 Å². The Hall–Kier alpha value is -3.38. The number of aliphatic carboxylic acids is 1. The van der Waals surface area contributed by atoms with E-state index in [0.717, 1.165) is 0 Å². The molecule has 1 aromatic carbocycles. The highest BCUT2D eigenvalue weighted by molar-refractivity contribution is 5.83. The fourth-order valence-electron chi connectivity index (χ4n) is 3.43. The maximum atomic E-state index is 12.6. The van der Waals surface area contributed by atoms with Gasteiger partial charge in [0.05, 0.1) is 17.7 Å². The van der Waals surface area contributed by atoms with Gasteiger partial charge in [-0.05, 0) is 31.5 Å². The van der Waals surface area contributed by atoms with Crippen LogP contribution in [0.15, 0.2) is 18.2 Å². The van der Waals surface area contributed by atoms with Gasteiger partial charge >= 0.3 is 11.9 Å². The number of aliphatic hydroxyl groups is 1. The highest BCUT2D eigenvalue weighted by Gasteiger charge is 2.34. The normalized spacial score (nSPS) is 19.3. The van der Waals surface area contributed by atoms with E-state index in [4.69, 9.17) is 19.3 Å². The number of carbonyl (C=O) groups excluding carboxylic acids is 3. The van der Waals surface area contributed by atoms with E-state index in [9.17, 15) is 24.3 Å². The summed E-state index contributed by atoms with van der Waals surface area (Å²) in [6.45, 7) is 6.97. The minimum atomic E-state index is -1.16. The Morgan fingerprint density at radius 1 is 1.11 bits per heavy atom. The monoisotopic (exact) mass is 523 g/mol. The summed E-state index contributed by atoms with van der Waals surface area (Å²) in [5, 5.41) is 27.0. The lowest BCUT2D eigenvalue weighted by molar-refractivity contribution is -0.184. The van der Waals surface area contributed by atoms with Crippen molar-refractivity contribution in [3.05, 3.63) is 23.8 Å². The van der Waals surface area contributed by atoms with Crippen molar-refractivity contribution in [1.29, 1.82) is 0 Å². The van der Waals surface area contributed by atoms with Crippen LogP contribution in [0.25, 0.3) is 0 Å². The third kappa shape index (κ3) is 10.6. The lowest BCUT2D eigenvalue weighted by atomic mass is 10.0. The van der Waals surface area contributed by atoms with Crippen molar-refractivity contribution in [2.75, 3.05) is 18.4 Å². The predicted octanol–water partition coefficient (Wildman–Crippen LogP) is 1.16. The van der Waals surface area contributed by atoms with Crippen molar-refractivity contribution in [3.8, 4) is 5.75 Å². The van der Waals surface area contributed by atoms with Crippen LogP contribution < -0.4 is 20.7 Å². The number of anilines is 1. The molecule has 0 aliphatic carbocycles. The molecule has 0 bridgehead atoms. The van der Waals surface area contributed by atoms with E-state index in [2.05, 4.69) is 16.0 Å². The third-order valence-corrected chi connectivity index (χ3v) is 5.25. The number of carboxylic acids is 1.